The Hall–Kier alpha value is -1.29. The van der Waals surface area contributed by atoms with E-state index in [0.29, 0.717) is 25.0 Å². The number of rotatable bonds is 3. The van der Waals surface area contributed by atoms with Gasteiger partial charge in [0.2, 0.25) is 0 Å². The van der Waals surface area contributed by atoms with Crippen LogP contribution >= 0.6 is 0 Å². The minimum atomic E-state index is -0.577. The normalized spacial score (nSPS) is 25.9. The fourth-order valence-electron chi connectivity index (χ4n) is 3.05. The molecule has 1 aromatic heterocycles. The second kappa shape index (κ2) is 3.38. The van der Waals surface area contributed by atoms with Crippen molar-refractivity contribution in [3.05, 3.63) is 24.0 Å². The van der Waals surface area contributed by atoms with Crippen molar-refractivity contribution in [1.82, 2.24) is 9.47 Å². The third-order valence-corrected chi connectivity index (χ3v) is 4.49. The summed E-state index contributed by atoms with van der Waals surface area (Å²) in [6.45, 7) is 1.04. The molecule has 0 spiro atoms. The van der Waals surface area contributed by atoms with Crippen LogP contribution in [-0.4, -0.2) is 39.2 Å². The van der Waals surface area contributed by atoms with E-state index in [-0.39, 0.29) is 5.91 Å². The van der Waals surface area contributed by atoms with Gasteiger partial charge >= 0.3 is 0 Å². The van der Waals surface area contributed by atoms with Gasteiger partial charge in [-0.3, -0.25) is 4.79 Å². The Balaban J connectivity index is 1.49. The molecule has 3 aliphatic rings. The molecule has 2 aliphatic carbocycles. The number of hydrogen-bond donors (Lipinski definition) is 1. The third-order valence-electron chi connectivity index (χ3n) is 4.49. The van der Waals surface area contributed by atoms with Crippen molar-refractivity contribution in [2.75, 3.05) is 13.1 Å². The van der Waals surface area contributed by atoms with Crippen LogP contribution < -0.4 is 0 Å². The van der Waals surface area contributed by atoms with Gasteiger partial charge in [0.25, 0.3) is 5.91 Å². The highest BCUT2D eigenvalue weighted by Gasteiger charge is 2.53. The van der Waals surface area contributed by atoms with E-state index < -0.39 is 5.60 Å². The van der Waals surface area contributed by atoms with Gasteiger partial charge in [-0.15, -0.1) is 0 Å². The Morgan fingerprint density at radius 3 is 2.61 bits per heavy atom. The average molecular weight is 246 g/mol. The quantitative estimate of drug-likeness (QED) is 0.876. The summed E-state index contributed by atoms with van der Waals surface area (Å²) in [5, 5.41) is 10.3. The molecule has 1 aromatic rings. The van der Waals surface area contributed by atoms with Gasteiger partial charge in [-0.05, 0) is 43.7 Å². The molecule has 1 amide bonds. The molecule has 18 heavy (non-hydrogen) atoms. The van der Waals surface area contributed by atoms with Crippen LogP contribution in [0.25, 0.3) is 0 Å². The van der Waals surface area contributed by atoms with Crippen molar-refractivity contribution in [2.24, 2.45) is 5.92 Å². The highest BCUT2D eigenvalue weighted by atomic mass is 16.3. The summed E-state index contributed by atoms with van der Waals surface area (Å²) >= 11 is 0. The van der Waals surface area contributed by atoms with Crippen molar-refractivity contribution in [1.29, 1.82) is 0 Å². The van der Waals surface area contributed by atoms with Gasteiger partial charge in [0, 0.05) is 12.2 Å². The summed E-state index contributed by atoms with van der Waals surface area (Å²) < 4.78 is 2.09. The molecule has 0 atom stereocenters. The van der Waals surface area contributed by atoms with Crippen LogP contribution in [0, 0.1) is 5.92 Å². The summed E-state index contributed by atoms with van der Waals surface area (Å²) in [5.41, 5.74) is 0.211. The summed E-state index contributed by atoms with van der Waals surface area (Å²) in [6.07, 6.45) is 6.60. The molecule has 4 rings (SSSR count). The molecule has 1 N–H and O–H groups in total. The summed E-state index contributed by atoms with van der Waals surface area (Å²) in [4.78, 5) is 14.2. The Labute approximate surface area is 106 Å². The monoisotopic (exact) mass is 246 g/mol. The number of aliphatic hydroxyl groups is 1. The summed E-state index contributed by atoms with van der Waals surface area (Å²) in [7, 11) is 0. The fraction of sp³-hybridized carbons (Fsp3) is 0.643. The van der Waals surface area contributed by atoms with Crippen molar-refractivity contribution in [2.45, 2.75) is 37.3 Å². The second-order valence-electron chi connectivity index (χ2n) is 6.07. The van der Waals surface area contributed by atoms with Crippen molar-refractivity contribution in [3.8, 4) is 0 Å². The molecule has 0 unspecified atom stereocenters. The molecule has 0 bridgehead atoms. The SMILES string of the molecule is O=C(c1cccn1C1CC1)N1CC(O)(C2CC2)C1. The molecular weight excluding hydrogens is 228 g/mol. The van der Waals surface area contributed by atoms with Gasteiger partial charge in [-0.25, -0.2) is 0 Å². The average Bonchev–Trinajstić information content (AvgIpc) is 3.22. The molecule has 2 saturated carbocycles. The zero-order valence-electron chi connectivity index (χ0n) is 10.4. The van der Waals surface area contributed by atoms with Crippen LogP contribution in [0.15, 0.2) is 18.3 Å². The molecule has 1 aliphatic heterocycles. The maximum atomic E-state index is 12.4. The first-order valence-corrected chi connectivity index (χ1v) is 6.86. The van der Waals surface area contributed by atoms with Crippen LogP contribution in [0.5, 0.6) is 0 Å². The predicted octanol–water partition coefficient (Wildman–Crippen LogP) is 1.42. The zero-order valence-corrected chi connectivity index (χ0v) is 10.4. The molecule has 96 valence electrons. The highest BCUT2D eigenvalue weighted by Crippen LogP contribution is 2.45. The van der Waals surface area contributed by atoms with Gasteiger partial charge in [0.05, 0.1) is 13.1 Å². The Bertz CT molecular complexity index is 494. The zero-order chi connectivity index (χ0) is 12.3. The number of likely N-dealkylation sites (tertiary alicyclic amines) is 1. The summed E-state index contributed by atoms with van der Waals surface area (Å²) in [6, 6.07) is 4.37. The predicted molar refractivity (Wildman–Crippen MR) is 66.3 cm³/mol. The van der Waals surface area contributed by atoms with E-state index in [9.17, 15) is 9.90 Å². The first-order valence-electron chi connectivity index (χ1n) is 6.86. The number of carbonyl (C=O) groups is 1. The topological polar surface area (TPSA) is 45.5 Å². The van der Waals surface area contributed by atoms with Crippen molar-refractivity contribution in [3.63, 3.8) is 0 Å². The van der Waals surface area contributed by atoms with Crippen LogP contribution in [0.1, 0.15) is 42.2 Å². The lowest BCUT2D eigenvalue weighted by atomic mass is 9.88. The maximum Gasteiger partial charge on any atom is 0.270 e. The molecule has 0 radical (unpaired) electrons. The van der Waals surface area contributed by atoms with E-state index in [1.54, 1.807) is 4.90 Å². The first-order chi connectivity index (χ1) is 8.67. The third kappa shape index (κ3) is 1.52. The van der Waals surface area contributed by atoms with E-state index in [4.69, 9.17) is 0 Å². The number of β-amino-alcohol motifs (C(OH)–C–C–N with tert-alkyl or cyclic N) is 1. The second-order valence-corrected chi connectivity index (χ2v) is 6.07. The molecule has 4 nitrogen and oxygen atoms in total. The Morgan fingerprint density at radius 1 is 1.28 bits per heavy atom. The van der Waals surface area contributed by atoms with E-state index in [0.717, 1.165) is 18.5 Å². The van der Waals surface area contributed by atoms with Gasteiger partial charge in [0.1, 0.15) is 11.3 Å². The molecular formula is C14H18N2O2. The minimum absolute atomic E-state index is 0.0808. The highest BCUT2D eigenvalue weighted by molar-refractivity contribution is 5.93. The number of nitrogens with zero attached hydrogens (tertiary/aromatic N) is 2. The van der Waals surface area contributed by atoms with E-state index in [1.165, 1.54) is 12.8 Å². The van der Waals surface area contributed by atoms with Crippen LogP contribution in [0.4, 0.5) is 0 Å². The van der Waals surface area contributed by atoms with E-state index >= 15 is 0 Å². The number of aromatic nitrogens is 1. The van der Waals surface area contributed by atoms with Crippen LogP contribution in [0.2, 0.25) is 0 Å². The number of amides is 1. The summed E-state index contributed by atoms with van der Waals surface area (Å²) in [5.74, 6) is 0.522. The number of hydrogen-bond acceptors (Lipinski definition) is 2. The first kappa shape index (κ1) is 10.6. The fourth-order valence-corrected chi connectivity index (χ4v) is 3.05. The van der Waals surface area contributed by atoms with Crippen molar-refractivity contribution < 1.29 is 9.90 Å². The standard InChI is InChI=1S/C14H18N2O2/c17-13(12-2-1-7-16(12)11-5-6-11)15-8-14(18,9-15)10-3-4-10/h1-2,7,10-11,18H,3-6,8-9H2. The van der Waals surface area contributed by atoms with Crippen LogP contribution in [0.3, 0.4) is 0 Å². The smallest absolute Gasteiger partial charge is 0.270 e. The largest absolute Gasteiger partial charge is 0.386 e. The number of carbonyl (C=O) groups excluding carboxylic acids is 1. The molecule has 2 heterocycles. The molecule has 4 heteroatoms. The molecule has 0 aromatic carbocycles. The van der Waals surface area contributed by atoms with Crippen molar-refractivity contribution >= 4 is 5.91 Å². The van der Waals surface area contributed by atoms with E-state index in [2.05, 4.69) is 4.57 Å². The lowest BCUT2D eigenvalue weighted by Gasteiger charge is -2.47. The van der Waals surface area contributed by atoms with Gasteiger partial charge in [-0.2, -0.15) is 0 Å². The lowest BCUT2D eigenvalue weighted by Crippen LogP contribution is -2.64. The van der Waals surface area contributed by atoms with Gasteiger partial charge in [-0.1, -0.05) is 0 Å². The Kier molecular flexibility index (Phi) is 1.99. The van der Waals surface area contributed by atoms with Gasteiger partial charge in [0.15, 0.2) is 0 Å². The Morgan fingerprint density at radius 2 is 2.00 bits per heavy atom. The lowest BCUT2D eigenvalue weighted by molar-refractivity contribution is -0.0960. The molecule has 1 saturated heterocycles. The maximum absolute atomic E-state index is 12.4. The molecule has 3 fully saturated rings. The van der Waals surface area contributed by atoms with E-state index in [1.807, 2.05) is 18.3 Å². The van der Waals surface area contributed by atoms with Gasteiger partial charge < -0.3 is 14.6 Å². The minimum Gasteiger partial charge on any atom is -0.386 e. The van der Waals surface area contributed by atoms with Crippen LogP contribution in [-0.2, 0) is 0 Å².